The van der Waals surface area contributed by atoms with E-state index in [1.54, 1.807) is 0 Å². The van der Waals surface area contributed by atoms with Gasteiger partial charge in [-0.1, -0.05) is 64.0 Å². The number of ether oxygens (including phenoxy) is 1. The molecule has 0 bridgehead atoms. The predicted molar refractivity (Wildman–Crippen MR) is 100 cm³/mol. The molecule has 0 amide bonds. The molecule has 1 rings (SSSR count). The lowest BCUT2D eigenvalue weighted by Gasteiger charge is -2.19. The Hall–Kier alpha value is -1.11. The summed E-state index contributed by atoms with van der Waals surface area (Å²) in [5.41, 5.74) is 0.192. The number of unbranched alkanes of at least 4 members (excludes halogenated alkanes) is 6. The van der Waals surface area contributed by atoms with Crippen LogP contribution in [0.3, 0.4) is 0 Å². The lowest BCUT2D eigenvalue weighted by atomic mass is 10.0. The van der Waals surface area contributed by atoms with E-state index in [0.29, 0.717) is 12.8 Å². The molecule has 0 fully saturated rings. The van der Waals surface area contributed by atoms with Crippen molar-refractivity contribution < 1.29 is 28.1 Å². The Kier molecular flexibility index (Phi) is 11.6. The van der Waals surface area contributed by atoms with Gasteiger partial charge in [0.15, 0.2) is 0 Å². The number of rotatable bonds is 14. The smallest absolute Gasteiger partial charge is 0.346 e. The van der Waals surface area contributed by atoms with E-state index in [1.807, 2.05) is 0 Å². The number of hydrogen-bond donors (Lipinski definition) is 2. The zero-order chi connectivity index (χ0) is 20.1. The molecule has 2 N–H and O–H groups in total. The van der Waals surface area contributed by atoms with Gasteiger partial charge in [-0.2, -0.15) is 13.2 Å². The Bertz CT molecular complexity index is 486. The van der Waals surface area contributed by atoms with Crippen LogP contribution in [0.5, 0.6) is 0 Å². The topological polar surface area (TPSA) is 49.7 Å². The normalized spacial score (nSPS) is 13.3. The van der Waals surface area contributed by atoms with Crippen molar-refractivity contribution in [3.63, 3.8) is 0 Å². The Balaban J connectivity index is 2.30. The summed E-state index contributed by atoms with van der Waals surface area (Å²) in [6.07, 6.45) is 6.46. The van der Waals surface area contributed by atoms with Gasteiger partial charge in [0.2, 0.25) is 0 Å². The van der Waals surface area contributed by atoms with Crippen molar-refractivity contribution in [1.29, 1.82) is 0 Å². The largest absolute Gasteiger partial charge is 0.416 e. The van der Waals surface area contributed by atoms with E-state index >= 15 is 0 Å². The zero-order valence-corrected chi connectivity index (χ0v) is 16.2. The van der Waals surface area contributed by atoms with Gasteiger partial charge in [-0.15, -0.1) is 0 Å². The van der Waals surface area contributed by atoms with Crippen molar-refractivity contribution >= 4 is 0 Å². The van der Waals surface area contributed by atoms with Crippen LogP contribution in [-0.4, -0.2) is 22.8 Å². The summed E-state index contributed by atoms with van der Waals surface area (Å²) in [5.74, 6) is 0. The van der Waals surface area contributed by atoms with Gasteiger partial charge < -0.3 is 14.9 Å². The van der Waals surface area contributed by atoms with Gasteiger partial charge in [0.25, 0.3) is 6.48 Å². The quantitative estimate of drug-likeness (QED) is 0.311. The molecule has 27 heavy (non-hydrogen) atoms. The van der Waals surface area contributed by atoms with E-state index in [-0.39, 0.29) is 6.10 Å². The Morgan fingerprint density at radius 2 is 1.41 bits per heavy atom. The molecule has 1 aromatic rings. The summed E-state index contributed by atoms with van der Waals surface area (Å²) < 4.78 is 42.9. The highest BCUT2D eigenvalue weighted by molar-refractivity contribution is 5.24. The minimum absolute atomic E-state index is 0.241. The van der Waals surface area contributed by atoms with Crippen LogP contribution in [0.1, 0.15) is 82.3 Å². The minimum Gasteiger partial charge on any atom is -0.346 e. The predicted octanol–water partition coefficient (Wildman–Crippen LogP) is 5.82. The first-order valence-corrected chi connectivity index (χ1v) is 10.0. The third-order valence-electron chi connectivity index (χ3n) is 4.72. The van der Waals surface area contributed by atoms with Crippen LogP contribution in [-0.2, 0) is 17.3 Å². The van der Waals surface area contributed by atoms with E-state index in [0.717, 1.165) is 43.4 Å². The molecule has 1 aromatic carbocycles. The summed E-state index contributed by atoms with van der Waals surface area (Å²) in [5, 5.41) is 18.1. The van der Waals surface area contributed by atoms with Crippen LogP contribution < -0.4 is 0 Å². The number of alkyl halides is 3. The van der Waals surface area contributed by atoms with Gasteiger partial charge in [0.05, 0.1) is 11.7 Å². The van der Waals surface area contributed by atoms with Crippen molar-refractivity contribution in [3.05, 3.63) is 35.4 Å². The molecule has 0 aliphatic rings. The van der Waals surface area contributed by atoms with Crippen molar-refractivity contribution in [2.45, 2.75) is 96.3 Å². The molecule has 0 aliphatic carbocycles. The molecule has 0 saturated heterocycles. The first kappa shape index (κ1) is 23.9. The second-order valence-electron chi connectivity index (χ2n) is 7.08. The molecule has 1 atom stereocenters. The van der Waals surface area contributed by atoms with Crippen molar-refractivity contribution in [3.8, 4) is 0 Å². The molecule has 0 aliphatic heterocycles. The standard InChI is InChI=1S/C21H33F3O3/c1-2-3-4-5-6-7-8-11-19(27-20(25)26)12-9-10-17-13-15-18(16-14-17)21(22,23)24/h13-16,19-20,25-26H,2-12H2,1H3. The average molecular weight is 390 g/mol. The maximum atomic E-state index is 12.6. The maximum absolute atomic E-state index is 12.6. The average Bonchev–Trinajstić information content (AvgIpc) is 2.60. The zero-order valence-electron chi connectivity index (χ0n) is 16.2. The third kappa shape index (κ3) is 11.4. The van der Waals surface area contributed by atoms with Crippen LogP contribution >= 0.6 is 0 Å². The van der Waals surface area contributed by atoms with Crippen LogP contribution in [0.2, 0.25) is 0 Å². The van der Waals surface area contributed by atoms with Gasteiger partial charge in [-0.3, -0.25) is 0 Å². The molecule has 0 heterocycles. The van der Waals surface area contributed by atoms with Gasteiger partial charge in [-0.25, -0.2) is 0 Å². The molecule has 3 nitrogen and oxygen atoms in total. The fraction of sp³-hybridized carbons (Fsp3) is 0.714. The van der Waals surface area contributed by atoms with Crippen LogP contribution in [0, 0.1) is 0 Å². The molecular formula is C21H33F3O3. The Labute approximate surface area is 160 Å². The minimum atomic E-state index is -4.31. The number of aliphatic hydroxyl groups excluding tert-OH is 1. The van der Waals surface area contributed by atoms with Gasteiger partial charge >= 0.3 is 6.18 Å². The van der Waals surface area contributed by atoms with E-state index in [4.69, 9.17) is 14.9 Å². The molecule has 0 radical (unpaired) electrons. The number of aryl methyl sites for hydroxylation is 1. The molecule has 0 saturated carbocycles. The fourth-order valence-corrected chi connectivity index (χ4v) is 3.18. The van der Waals surface area contributed by atoms with E-state index in [2.05, 4.69) is 6.92 Å². The molecule has 156 valence electrons. The molecular weight excluding hydrogens is 357 g/mol. The lowest BCUT2D eigenvalue weighted by molar-refractivity contribution is -0.257. The molecule has 6 heteroatoms. The lowest BCUT2D eigenvalue weighted by Crippen LogP contribution is -2.21. The summed E-state index contributed by atoms with van der Waals surface area (Å²) in [6, 6.07) is 5.18. The van der Waals surface area contributed by atoms with Gasteiger partial charge in [-0.05, 0) is 43.4 Å². The summed E-state index contributed by atoms with van der Waals surface area (Å²) in [4.78, 5) is 0. The van der Waals surface area contributed by atoms with Crippen molar-refractivity contribution in [2.75, 3.05) is 0 Å². The Morgan fingerprint density at radius 1 is 0.852 bits per heavy atom. The second kappa shape index (κ2) is 13.1. The third-order valence-corrected chi connectivity index (χ3v) is 4.72. The summed E-state index contributed by atoms with van der Waals surface area (Å²) in [7, 11) is 0. The molecule has 0 spiro atoms. The second-order valence-corrected chi connectivity index (χ2v) is 7.08. The van der Waals surface area contributed by atoms with Crippen molar-refractivity contribution in [1.82, 2.24) is 0 Å². The number of benzene rings is 1. The van der Waals surface area contributed by atoms with Crippen LogP contribution in [0.25, 0.3) is 0 Å². The first-order chi connectivity index (χ1) is 12.8. The number of halogens is 3. The first-order valence-electron chi connectivity index (χ1n) is 10.0. The number of hydrogen-bond acceptors (Lipinski definition) is 3. The number of aliphatic hydroxyl groups is 2. The van der Waals surface area contributed by atoms with E-state index in [9.17, 15) is 13.2 Å². The molecule has 0 aromatic heterocycles. The SMILES string of the molecule is CCCCCCCCCC(CCCc1ccc(C(F)(F)F)cc1)OC(O)O. The monoisotopic (exact) mass is 390 g/mol. The van der Waals surface area contributed by atoms with E-state index < -0.39 is 18.2 Å². The Morgan fingerprint density at radius 3 is 1.96 bits per heavy atom. The van der Waals surface area contributed by atoms with Gasteiger partial charge in [0.1, 0.15) is 0 Å². The van der Waals surface area contributed by atoms with Crippen LogP contribution in [0.15, 0.2) is 24.3 Å². The summed E-state index contributed by atoms with van der Waals surface area (Å²) in [6.45, 7) is 0.401. The highest BCUT2D eigenvalue weighted by Crippen LogP contribution is 2.29. The highest BCUT2D eigenvalue weighted by Gasteiger charge is 2.29. The van der Waals surface area contributed by atoms with Crippen LogP contribution in [0.4, 0.5) is 13.2 Å². The maximum Gasteiger partial charge on any atom is 0.416 e. The molecule has 1 unspecified atom stereocenters. The highest BCUT2D eigenvalue weighted by atomic mass is 19.4. The van der Waals surface area contributed by atoms with Gasteiger partial charge in [0, 0.05) is 0 Å². The fourth-order valence-electron chi connectivity index (χ4n) is 3.18. The van der Waals surface area contributed by atoms with Crippen molar-refractivity contribution in [2.24, 2.45) is 0 Å². The van der Waals surface area contributed by atoms with E-state index in [1.165, 1.54) is 44.2 Å². The summed E-state index contributed by atoms with van der Waals surface area (Å²) >= 11 is 0.